The number of pyridine rings is 2. The average Bonchev–Trinajstić information content (AvgIpc) is 3.53. The van der Waals surface area contributed by atoms with Gasteiger partial charge >= 0.3 is 0 Å². The van der Waals surface area contributed by atoms with Gasteiger partial charge in [0.1, 0.15) is 5.65 Å². The zero-order valence-corrected chi connectivity index (χ0v) is 28.8. The van der Waals surface area contributed by atoms with Crippen molar-refractivity contribution in [3.05, 3.63) is 72.3 Å². The van der Waals surface area contributed by atoms with E-state index in [0.717, 1.165) is 59.9 Å². The number of carbonyl (C=O) groups is 1. The van der Waals surface area contributed by atoms with E-state index in [9.17, 15) is 9.90 Å². The molecular formula is C36H43IrN4O2-. The molecule has 0 bridgehead atoms. The van der Waals surface area contributed by atoms with Crippen molar-refractivity contribution in [2.45, 2.75) is 80.6 Å². The Morgan fingerprint density at radius 3 is 2.30 bits per heavy atom. The molecule has 0 fully saturated rings. The molecule has 6 aromatic rings. The molecule has 0 saturated carbocycles. The Morgan fingerprint density at radius 2 is 1.65 bits per heavy atom. The van der Waals surface area contributed by atoms with Gasteiger partial charge in [0.05, 0.1) is 23.1 Å². The van der Waals surface area contributed by atoms with Crippen molar-refractivity contribution in [2.75, 3.05) is 0 Å². The molecule has 229 valence electrons. The minimum absolute atomic E-state index is 0. The number of nitrogens with zero attached hydrogens (tertiary/aromatic N) is 4. The third kappa shape index (κ3) is 6.21. The number of aromatic nitrogens is 4. The predicted molar refractivity (Wildman–Crippen MR) is 174 cm³/mol. The van der Waals surface area contributed by atoms with Crippen LogP contribution in [0.2, 0.25) is 0 Å². The number of aliphatic hydroxyl groups is 1. The van der Waals surface area contributed by atoms with Gasteiger partial charge in [0.25, 0.3) is 0 Å². The molecule has 6 rings (SSSR count). The smallest absolute Gasteiger partial charge is 0.162 e. The Morgan fingerprint density at radius 1 is 0.953 bits per heavy atom. The maximum atomic E-state index is 11.7. The fourth-order valence-electron chi connectivity index (χ4n) is 6.22. The van der Waals surface area contributed by atoms with Crippen LogP contribution in [0.1, 0.15) is 79.7 Å². The molecule has 0 aliphatic rings. The normalized spacial score (nSPS) is 12.6. The number of imidazole rings is 1. The summed E-state index contributed by atoms with van der Waals surface area (Å²) in [4.78, 5) is 21.1. The summed E-state index contributed by atoms with van der Waals surface area (Å²) < 4.78 is 4.48. The van der Waals surface area contributed by atoms with Gasteiger partial charge < -0.3 is 18.9 Å². The van der Waals surface area contributed by atoms with E-state index in [4.69, 9.17) is 4.98 Å². The molecule has 0 unspecified atom stereocenters. The zero-order valence-electron chi connectivity index (χ0n) is 26.4. The van der Waals surface area contributed by atoms with Gasteiger partial charge in [-0.1, -0.05) is 60.6 Å². The van der Waals surface area contributed by atoms with E-state index in [1.165, 1.54) is 27.9 Å². The van der Waals surface area contributed by atoms with Gasteiger partial charge in [-0.05, 0) is 66.1 Å². The Kier molecular flexibility index (Phi) is 9.98. The van der Waals surface area contributed by atoms with Crippen molar-refractivity contribution >= 4 is 49.9 Å². The molecule has 1 aromatic carbocycles. The molecule has 7 heteroatoms. The van der Waals surface area contributed by atoms with Crippen molar-refractivity contribution in [1.82, 2.24) is 18.8 Å². The quantitative estimate of drug-likeness (QED) is 0.0729. The second-order valence-electron chi connectivity index (χ2n) is 12.6. The number of allylic oxidation sites excluding steroid dienone is 2. The first-order chi connectivity index (χ1) is 20.1. The molecule has 1 radical (unpaired) electrons. The molecular weight excluding hydrogens is 713 g/mol. The van der Waals surface area contributed by atoms with Crippen LogP contribution in [-0.2, 0) is 31.3 Å². The van der Waals surface area contributed by atoms with Crippen LogP contribution in [0.25, 0.3) is 44.1 Å². The van der Waals surface area contributed by atoms with E-state index in [0.29, 0.717) is 0 Å². The first kappa shape index (κ1) is 32.6. The van der Waals surface area contributed by atoms with E-state index in [1.807, 2.05) is 52.2 Å². The first-order valence-electron chi connectivity index (χ1n) is 15.4. The summed E-state index contributed by atoms with van der Waals surface area (Å²) in [5, 5.41) is 12.2. The summed E-state index contributed by atoms with van der Waals surface area (Å²) in [5.74, 6) is 0.547. The molecule has 0 amide bonds. The van der Waals surface area contributed by atoms with Crippen LogP contribution in [0.15, 0.2) is 60.6 Å². The summed E-state index contributed by atoms with van der Waals surface area (Å²) >= 11 is 0. The SMILES string of the molecule is CC(C)(C)Cc1ccc2c3ccnc4c5[c-]ccc6ncc(n65)n(c2c1)c34.CCC(CC)C(=O)/C=C(\O)C(CC)CC.[Ir]. The van der Waals surface area contributed by atoms with Crippen LogP contribution < -0.4 is 0 Å². The number of carbonyl (C=O) groups excluding carboxylic acids is 1. The molecule has 43 heavy (non-hydrogen) atoms. The molecule has 5 aromatic heterocycles. The number of hydrogen-bond donors (Lipinski definition) is 1. The summed E-state index contributed by atoms with van der Waals surface area (Å²) in [6.07, 6.45) is 9.81. The van der Waals surface area contributed by atoms with Gasteiger partial charge in [-0.25, -0.2) is 4.98 Å². The monoisotopic (exact) mass is 756 g/mol. The third-order valence-electron chi connectivity index (χ3n) is 8.46. The summed E-state index contributed by atoms with van der Waals surface area (Å²) in [6, 6.07) is 16.3. The number of fused-ring (bicyclic) bond motifs is 5. The van der Waals surface area contributed by atoms with Crippen molar-refractivity contribution in [1.29, 1.82) is 0 Å². The summed E-state index contributed by atoms with van der Waals surface area (Å²) in [7, 11) is 0. The Bertz CT molecular complexity index is 1880. The van der Waals surface area contributed by atoms with Gasteiger partial charge in [-0.15, -0.1) is 6.07 Å². The largest absolute Gasteiger partial charge is 0.512 e. The van der Waals surface area contributed by atoms with Crippen molar-refractivity contribution in [3.63, 3.8) is 0 Å². The van der Waals surface area contributed by atoms with E-state index < -0.39 is 0 Å². The van der Waals surface area contributed by atoms with Gasteiger partial charge in [0.2, 0.25) is 0 Å². The van der Waals surface area contributed by atoms with Crippen LogP contribution in [0.5, 0.6) is 0 Å². The van der Waals surface area contributed by atoms with Crippen LogP contribution >= 0.6 is 0 Å². The molecule has 0 atom stereocenters. The molecule has 6 nitrogen and oxygen atoms in total. The zero-order chi connectivity index (χ0) is 30.2. The number of rotatable bonds is 8. The van der Waals surface area contributed by atoms with Crippen LogP contribution in [-0.4, -0.2) is 29.7 Å². The van der Waals surface area contributed by atoms with Crippen LogP contribution in [0.3, 0.4) is 0 Å². The number of aliphatic hydroxyl groups excluding tert-OH is 1. The third-order valence-corrected chi connectivity index (χ3v) is 8.46. The minimum atomic E-state index is 0. The van der Waals surface area contributed by atoms with Crippen molar-refractivity contribution < 1.29 is 30.0 Å². The molecule has 0 aliphatic heterocycles. The molecule has 0 saturated heterocycles. The Balaban J connectivity index is 0.000000230. The van der Waals surface area contributed by atoms with Crippen molar-refractivity contribution in [2.24, 2.45) is 17.3 Å². The summed E-state index contributed by atoms with van der Waals surface area (Å²) in [6.45, 7) is 14.9. The standard InChI is InChI=1S/C23H19N4.C13H24O2.Ir/c1-23(2,3)12-14-7-8-15-16-9-10-24-21-17-5-4-6-19-25-13-20(26(17)19)27(22(16)21)18(15)11-14;1-5-10(6-2)12(14)9-13(15)11(7-3)8-4;/h4,6-11,13H,12H2,1-3H3;9-11,14H,5-8H2,1-4H3;/q-1;;/b;12-9-;. The van der Waals surface area contributed by atoms with Crippen LogP contribution in [0, 0.1) is 23.3 Å². The number of hydrogen-bond acceptors (Lipinski definition) is 4. The van der Waals surface area contributed by atoms with E-state index in [2.05, 4.69) is 64.9 Å². The second-order valence-corrected chi connectivity index (χ2v) is 12.6. The summed E-state index contributed by atoms with van der Waals surface area (Å²) in [5.41, 5.74) is 7.91. The van der Waals surface area contributed by atoms with E-state index in [1.54, 1.807) is 0 Å². The van der Waals surface area contributed by atoms with E-state index in [-0.39, 0.29) is 48.9 Å². The maximum absolute atomic E-state index is 11.7. The van der Waals surface area contributed by atoms with Gasteiger partial charge in [-0.2, -0.15) is 12.1 Å². The maximum Gasteiger partial charge on any atom is 0.162 e. The molecule has 5 heterocycles. The van der Waals surface area contributed by atoms with Gasteiger partial charge in [-0.3, -0.25) is 4.79 Å². The number of benzene rings is 1. The minimum Gasteiger partial charge on any atom is -0.512 e. The predicted octanol–water partition coefficient (Wildman–Crippen LogP) is 9.14. The van der Waals surface area contributed by atoms with Crippen molar-refractivity contribution in [3.8, 4) is 0 Å². The fourth-order valence-corrected chi connectivity index (χ4v) is 6.22. The average molecular weight is 756 g/mol. The second kappa shape index (κ2) is 13.2. The topological polar surface area (TPSA) is 71.9 Å². The van der Waals surface area contributed by atoms with Gasteiger partial charge in [0.15, 0.2) is 5.78 Å². The fraction of sp³-hybridized carbons (Fsp3) is 0.417. The van der Waals surface area contributed by atoms with Gasteiger partial charge in [0, 0.05) is 60.6 Å². The first-order valence-corrected chi connectivity index (χ1v) is 15.4. The number of ketones is 1. The molecule has 0 aliphatic carbocycles. The van der Waals surface area contributed by atoms with E-state index >= 15 is 0 Å². The molecule has 1 N–H and O–H groups in total. The molecule has 0 spiro atoms. The Labute approximate surface area is 267 Å². The Hall–Kier alpha value is -3.28. The van der Waals surface area contributed by atoms with Crippen LogP contribution in [0.4, 0.5) is 0 Å².